The fraction of sp³-hybridized carbons (Fsp3) is 0.333. The predicted molar refractivity (Wildman–Crippen MR) is 59.5 cm³/mol. The Labute approximate surface area is 89.4 Å². The first-order chi connectivity index (χ1) is 7.27. The van der Waals surface area contributed by atoms with Crippen molar-refractivity contribution in [3.8, 4) is 18.1 Å². The average Bonchev–Trinajstić information content (AvgIpc) is 2.23. The van der Waals surface area contributed by atoms with Gasteiger partial charge in [-0.25, -0.2) is 4.39 Å². The van der Waals surface area contributed by atoms with Crippen molar-refractivity contribution < 1.29 is 9.13 Å². The van der Waals surface area contributed by atoms with Gasteiger partial charge >= 0.3 is 0 Å². The summed E-state index contributed by atoms with van der Waals surface area (Å²) >= 11 is 0. The van der Waals surface area contributed by atoms with E-state index in [0.29, 0.717) is 25.3 Å². The molecule has 0 radical (unpaired) electrons. The average molecular weight is 207 g/mol. The zero-order valence-electron chi connectivity index (χ0n) is 8.72. The van der Waals surface area contributed by atoms with Crippen LogP contribution in [0, 0.1) is 18.2 Å². The molecule has 0 amide bonds. The van der Waals surface area contributed by atoms with Gasteiger partial charge in [0.15, 0.2) is 11.6 Å². The molecule has 0 aromatic heterocycles. The van der Waals surface area contributed by atoms with Crippen molar-refractivity contribution in [3.05, 3.63) is 24.0 Å². The predicted octanol–water partition coefficient (Wildman–Crippen LogP) is 2.66. The first kappa shape index (κ1) is 11.4. The number of benzene rings is 1. The highest BCUT2D eigenvalue weighted by molar-refractivity contribution is 5.47. The van der Waals surface area contributed by atoms with E-state index in [1.165, 1.54) is 6.07 Å². The lowest BCUT2D eigenvalue weighted by Crippen LogP contribution is -2.01. The second-order valence-electron chi connectivity index (χ2n) is 2.96. The maximum Gasteiger partial charge on any atom is 0.167 e. The lowest BCUT2D eigenvalue weighted by molar-refractivity contribution is 0.321. The molecule has 0 fully saturated rings. The van der Waals surface area contributed by atoms with Crippen LogP contribution in [0.2, 0.25) is 0 Å². The largest absolute Gasteiger partial charge is 0.491 e. The number of ether oxygens (including phenoxy) is 1. The summed E-state index contributed by atoms with van der Waals surface area (Å²) in [5, 5.41) is 3.02. The fourth-order valence-corrected chi connectivity index (χ4v) is 1.16. The van der Waals surface area contributed by atoms with Gasteiger partial charge in [0.2, 0.25) is 0 Å². The highest BCUT2D eigenvalue weighted by Crippen LogP contribution is 2.20. The van der Waals surface area contributed by atoms with Gasteiger partial charge < -0.3 is 10.1 Å². The fourth-order valence-electron chi connectivity index (χ4n) is 1.16. The van der Waals surface area contributed by atoms with Crippen LogP contribution in [0.25, 0.3) is 0 Å². The highest BCUT2D eigenvalue weighted by atomic mass is 19.1. The molecule has 80 valence electrons. The van der Waals surface area contributed by atoms with E-state index in [1.807, 2.05) is 6.92 Å². The van der Waals surface area contributed by atoms with Crippen LogP contribution in [-0.4, -0.2) is 13.2 Å². The van der Waals surface area contributed by atoms with Crippen LogP contribution in [0.5, 0.6) is 5.75 Å². The number of hydrogen-bond donors (Lipinski definition) is 1. The molecular formula is C12H14FNO. The monoisotopic (exact) mass is 207 g/mol. The quantitative estimate of drug-likeness (QED) is 0.592. The Kier molecular flexibility index (Phi) is 4.49. The lowest BCUT2D eigenvalue weighted by atomic mass is 10.3. The molecule has 0 atom stereocenters. The smallest absolute Gasteiger partial charge is 0.167 e. The minimum atomic E-state index is -0.359. The first-order valence-electron chi connectivity index (χ1n) is 4.87. The molecule has 3 heteroatoms. The second-order valence-corrected chi connectivity index (χ2v) is 2.96. The van der Waals surface area contributed by atoms with Crippen molar-refractivity contribution in [2.75, 3.05) is 18.5 Å². The molecular weight excluding hydrogens is 193 g/mol. The number of halogens is 1. The number of anilines is 1. The van der Waals surface area contributed by atoms with Crippen LogP contribution in [0.4, 0.5) is 10.1 Å². The molecule has 0 aliphatic rings. The van der Waals surface area contributed by atoms with Crippen molar-refractivity contribution in [1.29, 1.82) is 0 Å². The van der Waals surface area contributed by atoms with Crippen molar-refractivity contribution >= 4 is 5.69 Å². The van der Waals surface area contributed by atoms with Gasteiger partial charge in [-0.15, -0.1) is 12.3 Å². The lowest BCUT2D eigenvalue weighted by Gasteiger charge is -2.07. The van der Waals surface area contributed by atoms with Crippen molar-refractivity contribution in [2.45, 2.75) is 13.3 Å². The third-order valence-corrected chi connectivity index (χ3v) is 1.83. The van der Waals surface area contributed by atoms with Crippen molar-refractivity contribution in [1.82, 2.24) is 0 Å². The normalized spacial score (nSPS) is 9.40. The molecule has 1 aromatic carbocycles. The molecule has 0 spiro atoms. The second kappa shape index (κ2) is 5.92. The van der Waals surface area contributed by atoms with Crippen LogP contribution in [0.3, 0.4) is 0 Å². The summed E-state index contributed by atoms with van der Waals surface area (Å²) in [6.45, 7) is 2.92. The summed E-state index contributed by atoms with van der Waals surface area (Å²) in [5.74, 6) is 2.42. The molecule has 0 unspecified atom stereocenters. The number of rotatable bonds is 5. The zero-order valence-corrected chi connectivity index (χ0v) is 8.72. The maximum absolute atomic E-state index is 13.3. The molecule has 0 aliphatic carbocycles. The molecule has 1 N–H and O–H groups in total. The SMILES string of the molecule is C#CCCNc1ccc(OCC)c(F)c1. The van der Waals surface area contributed by atoms with Gasteiger partial charge in [-0.1, -0.05) is 0 Å². The molecule has 1 rings (SSSR count). The Balaban J connectivity index is 2.61. The zero-order chi connectivity index (χ0) is 11.1. The van der Waals surface area contributed by atoms with Crippen LogP contribution in [0.1, 0.15) is 13.3 Å². The van der Waals surface area contributed by atoms with Crippen molar-refractivity contribution in [2.24, 2.45) is 0 Å². The summed E-state index contributed by atoms with van der Waals surface area (Å²) in [5.41, 5.74) is 0.714. The summed E-state index contributed by atoms with van der Waals surface area (Å²) < 4.78 is 18.4. The van der Waals surface area contributed by atoms with Crippen LogP contribution < -0.4 is 10.1 Å². The van der Waals surface area contributed by atoms with E-state index in [-0.39, 0.29) is 11.6 Å². The van der Waals surface area contributed by atoms with E-state index in [4.69, 9.17) is 11.2 Å². The number of nitrogens with one attached hydrogen (secondary N) is 1. The topological polar surface area (TPSA) is 21.3 Å². The van der Waals surface area contributed by atoms with Crippen LogP contribution in [0.15, 0.2) is 18.2 Å². The van der Waals surface area contributed by atoms with Crippen LogP contribution >= 0.6 is 0 Å². The first-order valence-corrected chi connectivity index (χ1v) is 4.87. The Bertz CT molecular complexity index is 357. The summed E-state index contributed by atoms with van der Waals surface area (Å²) in [6.07, 6.45) is 5.72. The van der Waals surface area contributed by atoms with Gasteiger partial charge in [-0.05, 0) is 19.1 Å². The van der Waals surface area contributed by atoms with Gasteiger partial charge in [0.1, 0.15) is 0 Å². The van der Waals surface area contributed by atoms with Gasteiger partial charge in [0.25, 0.3) is 0 Å². The molecule has 0 aliphatic heterocycles. The standard InChI is InChI=1S/C12H14FNO/c1-3-5-8-14-10-6-7-12(15-4-2)11(13)9-10/h1,6-7,9,14H,4-5,8H2,2H3. The van der Waals surface area contributed by atoms with E-state index in [9.17, 15) is 4.39 Å². The van der Waals surface area contributed by atoms with Crippen molar-refractivity contribution in [3.63, 3.8) is 0 Å². The Hall–Kier alpha value is -1.69. The van der Waals surface area contributed by atoms with E-state index < -0.39 is 0 Å². The minimum Gasteiger partial charge on any atom is -0.491 e. The van der Waals surface area contributed by atoms with E-state index in [2.05, 4.69) is 11.2 Å². The molecule has 0 bridgehead atoms. The summed E-state index contributed by atoms with van der Waals surface area (Å²) in [4.78, 5) is 0. The third-order valence-electron chi connectivity index (χ3n) is 1.83. The molecule has 0 saturated heterocycles. The number of terminal acetylenes is 1. The molecule has 2 nitrogen and oxygen atoms in total. The van der Waals surface area contributed by atoms with E-state index in [1.54, 1.807) is 12.1 Å². The number of hydrogen-bond acceptors (Lipinski definition) is 2. The molecule has 15 heavy (non-hydrogen) atoms. The Morgan fingerprint density at radius 2 is 2.33 bits per heavy atom. The summed E-state index contributed by atoms with van der Waals surface area (Å²) in [7, 11) is 0. The van der Waals surface area contributed by atoms with E-state index in [0.717, 1.165) is 0 Å². The summed E-state index contributed by atoms with van der Waals surface area (Å²) in [6, 6.07) is 4.78. The third kappa shape index (κ3) is 3.51. The van der Waals surface area contributed by atoms with Gasteiger partial charge in [-0.2, -0.15) is 0 Å². The molecule has 0 saturated carbocycles. The van der Waals surface area contributed by atoms with Gasteiger partial charge in [-0.3, -0.25) is 0 Å². The maximum atomic E-state index is 13.3. The van der Waals surface area contributed by atoms with Crippen LogP contribution in [-0.2, 0) is 0 Å². The van der Waals surface area contributed by atoms with Gasteiger partial charge in [0.05, 0.1) is 6.61 Å². The molecule has 0 heterocycles. The molecule has 1 aromatic rings. The highest BCUT2D eigenvalue weighted by Gasteiger charge is 2.03. The Morgan fingerprint density at radius 1 is 1.53 bits per heavy atom. The minimum absolute atomic E-state index is 0.278. The van der Waals surface area contributed by atoms with E-state index >= 15 is 0 Å². The van der Waals surface area contributed by atoms with Gasteiger partial charge in [0, 0.05) is 24.7 Å². The Morgan fingerprint density at radius 3 is 2.93 bits per heavy atom.